The van der Waals surface area contributed by atoms with Crippen LogP contribution in [-0.4, -0.2) is 50.7 Å². The number of hydrogen-bond acceptors (Lipinski definition) is 5. The highest BCUT2D eigenvalue weighted by atomic mass is 35.5. The van der Waals surface area contributed by atoms with Crippen molar-refractivity contribution < 1.29 is 18.3 Å². The molecule has 2 fully saturated rings. The van der Waals surface area contributed by atoms with E-state index in [-0.39, 0.29) is 17.0 Å². The van der Waals surface area contributed by atoms with Crippen molar-refractivity contribution in [2.75, 3.05) is 24.5 Å². The van der Waals surface area contributed by atoms with E-state index in [0.717, 1.165) is 36.8 Å². The molecule has 0 amide bonds. The second-order valence-electron chi connectivity index (χ2n) is 10.7. The van der Waals surface area contributed by atoms with E-state index < -0.39 is 15.6 Å². The van der Waals surface area contributed by atoms with Gasteiger partial charge in [-0.3, -0.25) is 9.21 Å². The maximum atomic E-state index is 14.0. The second-order valence-corrected chi connectivity index (χ2v) is 13.0. The maximum absolute atomic E-state index is 14.0. The fraction of sp³-hybridized carbons (Fsp3) is 0.419. The number of aryl methyl sites for hydroxylation is 1. The average molecular weight is 569 g/mol. The Bertz CT molecular complexity index is 1370. The number of benzene rings is 3. The van der Waals surface area contributed by atoms with Gasteiger partial charge in [0.05, 0.1) is 17.7 Å². The summed E-state index contributed by atoms with van der Waals surface area (Å²) in [5, 5.41) is 12.6. The first-order valence-electron chi connectivity index (χ1n) is 13.7. The zero-order valence-electron chi connectivity index (χ0n) is 22.6. The molecule has 1 saturated heterocycles. The Balaban J connectivity index is 1.41. The third kappa shape index (κ3) is 5.55. The van der Waals surface area contributed by atoms with Crippen molar-refractivity contribution in [3.8, 4) is 5.75 Å². The van der Waals surface area contributed by atoms with Crippen LogP contribution in [0.3, 0.4) is 0 Å². The minimum Gasteiger partial charge on any atom is -0.497 e. The first kappa shape index (κ1) is 28.0. The van der Waals surface area contributed by atoms with Crippen LogP contribution in [0.25, 0.3) is 0 Å². The summed E-state index contributed by atoms with van der Waals surface area (Å²) >= 11 is 6.15. The molecule has 1 aliphatic heterocycles. The van der Waals surface area contributed by atoms with E-state index >= 15 is 0 Å². The van der Waals surface area contributed by atoms with Crippen LogP contribution in [0.5, 0.6) is 5.75 Å². The molecular weight excluding hydrogens is 532 g/mol. The zero-order chi connectivity index (χ0) is 27.6. The van der Waals surface area contributed by atoms with Gasteiger partial charge in [-0.25, -0.2) is 8.42 Å². The van der Waals surface area contributed by atoms with Gasteiger partial charge in [-0.15, -0.1) is 0 Å². The minimum atomic E-state index is -3.84. The third-order valence-electron chi connectivity index (χ3n) is 8.42. The van der Waals surface area contributed by atoms with E-state index in [1.165, 1.54) is 0 Å². The van der Waals surface area contributed by atoms with Gasteiger partial charge in [0.15, 0.2) is 0 Å². The van der Waals surface area contributed by atoms with Gasteiger partial charge in [-0.2, -0.15) is 0 Å². The van der Waals surface area contributed by atoms with Gasteiger partial charge in [0.25, 0.3) is 10.0 Å². The number of halogens is 1. The van der Waals surface area contributed by atoms with Crippen LogP contribution in [0.2, 0.25) is 5.02 Å². The van der Waals surface area contributed by atoms with Gasteiger partial charge in [0.1, 0.15) is 11.4 Å². The number of aliphatic hydroxyl groups is 1. The lowest BCUT2D eigenvalue weighted by Crippen LogP contribution is -2.57. The first-order valence-corrected chi connectivity index (χ1v) is 15.5. The zero-order valence-corrected chi connectivity index (χ0v) is 24.2. The number of ether oxygens (including phenoxy) is 1. The summed E-state index contributed by atoms with van der Waals surface area (Å²) in [6.45, 7) is 3.50. The topological polar surface area (TPSA) is 70.1 Å². The van der Waals surface area contributed by atoms with E-state index in [0.29, 0.717) is 42.4 Å². The van der Waals surface area contributed by atoms with Crippen molar-refractivity contribution >= 4 is 27.3 Å². The van der Waals surface area contributed by atoms with Gasteiger partial charge >= 0.3 is 0 Å². The Hall–Kier alpha value is -2.58. The van der Waals surface area contributed by atoms with Crippen LogP contribution in [0.15, 0.2) is 77.7 Å². The molecule has 0 bridgehead atoms. The predicted octanol–water partition coefficient (Wildman–Crippen LogP) is 6.15. The smallest absolute Gasteiger partial charge is 0.264 e. The van der Waals surface area contributed by atoms with Gasteiger partial charge in [-0.05, 0) is 92.3 Å². The summed E-state index contributed by atoms with van der Waals surface area (Å²) in [4.78, 5) is 2.61. The maximum Gasteiger partial charge on any atom is 0.264 e. The van der Waals surface area contributed by atoms with Crippen molar-refractivity contribution in [3.63, 3.8) is 0 Å². The first-order chi connectivity index (χ1) is 18.7. The Morgan fingerprint density at radius 2 is 1.62 bits per heavy atom. The van der Waals surface area contributed by atoms with Crippen LogP contribution in [-0.2, 0) is 15.6 Å². The lowest BCUT2D eigenvalue weighted by molar-refractivity contribution is -0.0852. The lowest BCUT2D eigenvalue weighted by Gasteiger charge is -2.49. The highest BCUT2D eigenvalue weighted by molar-refractivity contribution is 7.92. The third-order valence-corrected chi connectivity index (χ3v) is 10.6. The number of likely N-dealkylation sites (tertiary alicyclic amines) is 1. The Kier molecular flexibility index (Phi) is 8.24. The molecular formula is C31H37ClN2O4S. The van der Waals surface area contributed by atoms with Crippen molar-refractivity contribution in [1.82, 2.24) is 4.90 Å². The molecule has 8 heteroatoms. The molecule has 1 N–H and O–H groups in total. The molecule has 0 unspecified atom stereocenters. The molecule has 3 aromatic carbocycles. The van der Waals surface area contributed by atoms with Gasteiger partial charge < -0.3 is 9.84 Å². The molecule has 0 spiro atoms. The lowest BCUT2D eigenvalue weighted by atomic mass is 9.73. The monoisotopic (exact) mass is 568 g/mol. The largest absolute Gasteiger partial charge is 0.497 e. The molecule has 3 aromatic rings. The summed E-state index contributed by atoms with van der Waals surface area (Å²) in [6.07, 6.45) is 5.09. The highest BCUT2D eigenvalue weighted by Crippen LogP contribution is 2.43. The number of nitrogens with zero attached hydrogens (tertiary/aromatic N) is 2. The molecule has 6 nitrogen and oxygen atoms in total. The van der Waals surface area contributed by atoms with Crippen LogP contribution < -0.4 is 9.04 Å². The summed E-state index contributed by atoms with van der Waals surface area (Å²) in [5.74, 6) is 0.605. The van der Waals surface area contributed by atoms with E-state index in [4.69, 9.17) is 16.3 Å². The van der Waals surface area contributed by atoms with Crippen LogP contribution in [0.1, 0.15) is 49.7 Å². The summed E-state index contributed by atoms with van der Waals surface area (Å²) in [7, 11) is -2.28. The van der Waals surface area contributed by atoms with Crippen LogP contribution in [0, 0.1) is 6.92 Å². The molecule has 0 aromatic heterocycles. The molecule has 1 saturated carbocycles. The summed E-state index contributed by atoms with van der Waals surface area (Å²) in [6, 6.07) is 21.5. The van der Waals surface area contributed by atoms with Crippen molar-refractivity contribution in [3.05, 3.63) is 88.9 Å². The van der Waals surface area contributed by atoms with Gasteiger partial charge in [0, 0.05) is 30.2 Å². The molecule has 0 radical (unpaired) electrons. The molecule has 2 atom stereocenters. The van der Waals surface area contributed by atoms with Crippen molar-refractivity contribution in [1.29, 1.82) is 0 Å². The highest BCUT2D eigenvalue weighted by Gasteiger charge is 2.45. The predicted molar refractivity (Wildman–Crippen MR) is 156 cm³/mol. The van der Waals surface area contributed by atoms with Gasteiger partial charge in [0.2, 0.25) is 0 Å². The number of hydrogen-bond donors (Lipinski definition) is 1. The van der Waals surface area contributed by atoms with Crippen molar-refractivity contribution in [2.45, 2.75) is 68.0 Å². The number of piperidine rings is 1. The van der Waals surface area contributed by atoms with Crippen LogP contribution >= 0.6 is 11.6 Å². The fourth-order valence-corrected chi connectivity index (χ4v) is 8.26. The van der Waals surface area contributed by atoms with E-state index in [1.54, 1.807) is 59.9 Å². The quantitative estimate of drug-likeness (QED) is 0.370. The van der Waals surface area contributed by atoms with Gasteiger partial charge in [-0.1, -0.05) is 48.7 Å². The second kappa shape index (κ2) is 11.5. The SMILES string of the molecule is COc1ccc(S(=O)(=O)N(c2ccc(Cl)cc2)C2CCN([C@@H]3CCCC[C@]3(O)c3ccccc3C)CC2)cc1. The number of methoxy groups -OCH3 is 1. The van der Waals surface area contributed by atoms with E-state index in [9.17, 15) is 13.5 Å². The summed E-state index contributed by atoms with van der Waals surface area (Å²) < 4.78 is 34.8. The molecule has 1 aliphatic carbocycles. The molecule has 1 heterocycles. The summed E-state index contributed by atoms with van der Waals surface area (Å²) in [5.41, 5.74) is 1.83. The molecule has 2 aliphatic rings. The minimum absolute atomic E-state index is 0.00970. The standard InChI is InChI=1S/C31H37ClN2O4S/c1-23-7-3-4-8-29(23)31(35)20-6-5-9-30(31)33-21-18-26(19-22-33)34(25-12-10-24(32)11-13-25)39(36,37)28-16-14-27(38-2)15-17-28/h3-4,7-8,10-17,26,30,35H,5-6,9,18-22H2,1-2H3/t30-,31+/m1/s1. The van der Waals surface area contributed by atoms with E-state index in [2.05, 4.69) is 24.0 Å². The fourth-order valence-electron chi connectivity index (χ4n) is 6.42. The Morgan fingerprint density at radius 3 is 2.26 bits per heavy atom. The average Bonchev–Trinajstić information content (AvgIpc) is 2.95. The van der Waals surface area contributed by atoms with E-state index in [1.807, 2.05) is 12.1 Å². The van der Waals surface area contributed by atoms with Crippen LogP contribution in [0.4, 0.5) is 5.69 Å². The van der Waals surface area contributed by atoms with Crippen molar-refractivity contribution in [2.24, 2.45) is 0 Å². The number of rotatable bonds is 7. The molecule has 208 valence electrons. The normalized spacial score (nSPS) is 22.9. The molecule has 39 heavy (non-hydrogen) atoms. The number of sulfonamides is 1. The number of anilines is 1. The Labute approximate surface area is 237 Å². The Morgan fingerprint density at radius 1 is 0.949 bits per heavy atom. The molecule has 5 rings (SSSR count).